The van der Waals surface area contributed by atoms with Crippen molar-refractivity contribution in [2.45, 2.75) is 26.2 Å². The number of anilines is 1. The number of likely N-dealkylation sites (tertiary alicyclic amines) is 1. The van der Waals surface area contributed by atoms with Gasteiger partial charge in [-0.1, -0.05) is 12.1 Å². The molecule has 3 aromatic rings. The van der Waals surface area contributed by atoms with Gasteiger partial charge in [-0.2, -0.15) is 0 Å². The first-order valence-electron chi connectivity index (χ1n) is 10.5. The van der Waals surface area contributed by atoms with Crippen LogP contribution < -0.4 is 5.32 Å². The molecule has 0 bridgehead atoms. The van der Waals surface area contributed by atoms with E-state index >= 15 is 0 Å². The summed E-state index contributed by atoms with van der Waals surface area (Å²) in [6.07, 6.45) is 3.05. The van der Waals surface area contributed by atoms with Crippen molar-refractivity contribution >= 4 is 28.3 Å². The number of hydrogen-bond acceptors (Lipinski definition) is 4. The van der Waals surface area contributed by atoms with Crippen molar-refractivity contribution in [2.75, 3.05) is 18.4 Å². The first kappa shape index (κ1) is 23.0. The Kier molecular flexibility index (Phi) is 6.78. The third-order valence-electron chi connectivity index (χ3n) is 5.71. The van der Waals surface area contributed by atoms with Crippen molar-refractivity contribution in [1.82, 2.24) is 9.88 Å². The van der Waals surface area contributed by atoms with Gasteiger partial charge in [0.05, 0.1) is 5.56 Å². The van der Waals surface area contributed by atoms with Crippen molar-refractivity contribution in [1.29, 1.82) is 0 Å². The zero-order chi connectivity index (χ0) is 23.5. The number of piperidine rings is 1. The maximum absolute atomic E-state index is 13.9. The molecule has 1 fully saturated rings. The molecule has 5 nitrogen and oxygen atoms in total. The maximum Gasteiger partial charge on any atom is 0.256 e. The Bertz CT molecular complexity index is 1190. The molecule has 1 saturated heterocycles. The van der Waals surface area contributed by atoms with Crippen molar-refractivity contribution < 1.29 is 22.8 Å². The summed E-state index contributed by atoms with van der Waals surface area (Å²) in [5, 5.41) is 3.29. The van der Waals surface area contributed by atoms with Gasteiger partial charge in [0.1, 0.15) is 17.5 Å². The van der Waals surface area contributed by atoms with E-state index in [1.54, 1.807) is 19.2 Å². The second-order valence-electron chi connectivity index (χ2n) is 8.07. The van der Waals surface area contributed by atoms with E-state index in [2.05, 4.69) is 10.3 Å². The lowest BCUT2D eigenvalue weighted by Crippen LogP contribution is -2.41. The third kappa shape index (κ3) is 5.42. The summed E-state index contributed by atoms with van der Waals surface area (Å²) in [7, 11) is 0. The minimum atomic E-state index is -0.896. The van der Waals surface area contributed by atoms with Gasteiger partial charge in [-0.3, -0.25) is 9.59 Å². The Morgan fingerprint density at radius 3 is 2.55 bits per heavy atom. The second-order valence-corrected chi connectivity index (χ2v) is 9.19. The minimum Gasteiger partial charge on any atom is -0.339 e. The SMILES string of the molecule is Cc1ccc(Cc2cnc(NC(=O)C3CCN(C(=O)c4ccc(F)cc4F)CC3)s2)cc1F. The van der Waals surface area contributed by atoms with E-state index in [0.717, 1.165) is 22.6 Å². The standard InChI is InChI=1S/C24H22F3N3O2S/c1-14-2-3-15(11-20(14)26)10-18-13-28-24(33-18)29-22(31)16-6-8-30(9-7-16)23(32)19-5-4-17(25)12-21(19)27/h2-5,11-13,16H,6-10H2,1H3,(H,28,29,31). The molecule has 2 aromatic carbocycles. The van der Waals surface area contributed by atoms with Crippen LogP contribution in [0.5, 0.6) is 0 Å². The van der Waals surface area contributed by atoms with Crippen LogP contribution in [0.1, 0.15) is 39.2 Å². The summed E-state index contributed by atoms with van der Waals surface area (Å²) in [4.78, 5) is 31.8. The van der Waals surface area contributed by atoms with Crippen molar-refractivity contribution in [3.05, 3.63) is 81.6 Å². The number of benzene rings is 2. The van der Waals surface area contributed by atoms with Gasteiger partial charge in [0.25, 0.3) is 5.91 Å². The second kappa shape index (κ2) is 9.74. The van der Waals surface area contributed by atoms with Crippen molar-refractivity contribution in [3.63, 3.8) is 0 Å². The smallest absolute Gasteiger partial charge is 0.256 e. The number of carbonyl (C=O) groups is 2. The van der Waals surface area contributed by atoms with Gasteiger partial charge >= 0.3 is 0 Å². The molecule has 33 heavy (non-hydrogen) atoms. The fraction of sp³-hybridized carbons (Fsp3) is 0.292. The fourth-order valence-electron chi connectivity index (χ4n) is 3.78. The molecule has 1 aromatic heterocycles. The van der Waals surface area contributed by atoms with Crippen LogP contribution >= 0.6 is 11.3 Å². The van der Waals surface area contributed by atoms with E-state index in [9.17, 15) is 22.8 Å². The molecule has 1 aliphatic rings. The van der Waals surface area contributed by atoms with Crippen LogP contribution in [0, 0.1) is 30.3 Å². The van der Waals surface area contributed by atoms with E-state index in [1.807, 2.05) is 6.07 Å². The first-order valence-corrected chi connectivity index (χ1v) is 11.4. The third-order valence-corrected chi connectivity index (χ3v) is 6.63. The molecule has 2 amide bonds. The lowest BCUT2D eigenvalue weighted by atomic mass is 9.95. The van der Waals surface area contributed by atoms with Gasteiger partial charge in [0.15, 0.2) is 5.13 Å². The number of rotatable bonds is 5. The Labute approximate surface area is 193 Å². The average Bonchev–Trinajstić information content (AvgIpc) is 3.22. The number of carbonyl (C=O) groups excluding carboxylic acids is 2. The number of nitrogens with zero attached hydrogens (tertiary/aromatic N) is 2. The van der Waals surface area contributed by atoms with Gasteiger partial charge in [-0.15, -0.1) is 11.3 Å². The van der Waals surface area contributed by atoms with Crippen LogP contribution in [0.4, 0.5) is 18.3 Å². The predicted molar refractivity (Wildman–Crippen MR) is 120 cm³/mol. The summed E-state index contributed by atoms with van der Waals surface area (Å²) >= 11 is 1.33. The number of aromatic nitrogens is 1. The van der Waals surface area contributed by atoms with Gasteiger partial charge in [-0.05, 0) is 49.1 Å². The number of amides is 2. The van der Waals surface area contributed by atoms with E-state index in [0.29, 0.717) is 49.1 Å². The van der Waals surface area contributed by atoms with Crippen LogP contribution in [-0.2, 0) is 11.2 Å². The van der Waals surface area contributed by atoms with E-state index in [1.165, 1.54) is 22.3 Å². The number of aryl methyl sites for hydroxylation is 1. The molecule has 1 N–H and O–H groups in total. The molecule has 0 radical (unpaired) electrons. The minimum absolute atomic E-state index is 0.178. The van der Waals surface area contributed by atoms with E-state index < -0.39 is 17.5 Å². The molecule has 4 rings (SSSR count). The lowest BCUT2D eigenvalue weighted by Gasteiger charge is -2.31. The highest BCUT2D eigenvalue weighted by atomic mass is 32.1. The summed E-state index contributed by atoms with van der Waals surface area (Å²) in [5.41, 5.74) is 1.24. The van der Waals surface area contributed by atoms with Crippen LogP contribution in [0.3, 0.4) is 0 Å². The average molecular weight is 474 g/mol. The molecule has 9 heteroatoms. The monoisotopic (exact) mass is 473 g/mol. The van der Waals surface area contributed by atoms with Gasteiger partial charge in [-0.25, -0.2) is 18.2 Å². The molecule has 0 unspecified atom stereocenters. The van der Waals surface area contributed by atoms with Gasteiger partial charge in [0.2, 0.25) is 5.91 Å². The normalized spacial score (nSPS) is 14.4. The molecule has 1 aliphatic heterocycles. The molecular weight excluding hydrogens is 451 g/mol. The highest BCUT2D eigenvalue weighted by molar-refractivity contribution is 7.15. The van der Waals surface area contributed by atoms with Crippen LogP contribution in [0.25, 0.3) is 0 Å². The largest absolute Gasteiger partial charge is 0.339 e. The summed E-state index contributed by atoms with van der Waals surface area (Å²) < 4.78 is 40.7. The molecule has 0 atom stereocenters. The molecule has 2 heterocycles. The molecule has 172 valence electrons. The zero-order valence-corrected chi connectivity index (χ0v) is 18.7. The highest BCUT2D eigenvalue weighted by Gasteiger charge is 2.29. The van der Waals surface area contributed by atoms with E-state index in [4.69, 9.17) is 0 Å². The Morgan fingerprint density at radius 1 is 1.09 bits per heavy atom. The van der Waals surface area contributed by atoms with E-state index in [-0.39, 0.29) is 23.2 Å². The predicted octanol–water partition coefficient (Wildman–Crippen LogP) is 4.95. The van der Waals surface area contributed by atoms with Crippen molar-refractivity contribution in [3.8, 4) is 0 Å². The molecule has 0 saturated carbocycles. The topological polar surface area (TPSA) is 62.3 Å². The summed E-state index contributed by atoms with van der Waals surface area (Å²) in [6.45, 7) is 2.31. The number of thiazole rings is 1. The number of hydrogen-bond donors (Lipinski definition) is 1. The van der Waals surface area contributed by atoms with Crippen LogP contribution in [0.2, 0.25) is 0 Å². The van der Waals surface area contributed by atoms with Crippen LogP contribution in [0.15, 0.2) is 42.6 Å². The molecule has 0 aliphatic carbocycles. The fourth-order valence-corrected chi connectivity index (χ4v) is 4.63. The Morgan fingerprint density at radius 2 is 1.85 bits per heavy atom. The Hall–Kier alpha value is -3.20. The number of halogens is 3. The van der Waals surface area contributed by atoms with Crippen LogP contribution in [-0.4, -0.2) is 34.8 Å². The number of nitrogens with one attached hydrogen (secondary N) is 1. The van der Waals surface area contributed by atoms with Gasteiger partial charge in [0, 0.05) is 42.6 Å². The molecular formula is C24H22F3N3O2S. The zero-order valence-electron chi connectivity index (χ0n) is 17.9. The highest BCUT2D eigenvalue weighted by Crippen LogP contribution is 2.25. The van der Waals surface area contributed by atoms with Gasteiger partial charge < -0.3 is 10.2 Å². The Balaban J connectivity index is 1.30. The maximum atomic E-state index is 13.9. The first-order chi connectivity index (χ1) is 15.8. The summed E-state index contributed by atoms with van der Waals surface area (Å²) in [6, 6.07) is 7.97. The molecule has 0 spiro atoms. The van der Waals surface area contributed by atoms with Crippen molar-refractivity contribution in [2.24, 2.45) is 5.92 Å². The lowest BCUT2D eigenvalue weighted by molar-refractivity contribution is -0.121. The quantitative estimate of drug-likeness (QED) is 0.570. The summed E-state index contributed by atoms with van der Waals surface area (Å²) in [5.74, 6) is -2.88.